The topological polar surface area (TPSA) is 64.5 Å². The van der Waals surface area contributed by atoms with Gasteiger partial charge in [-0.1, -0.05) is 41.1 Å². The number of ether oxygens (including phenoxy) is 2. The molecule has 158 valence electrons. The lowest BCUT2D eigenvalue weighted by Gasteiger charge is -2.20. The number of pyridine rings is 1. The number of carbonyl (C=O) groups excluding carboxylic acids is 1. The maximum absolute atomic E-state index is 13.9. The molecule has 0 unspecified atom stereocenters. The van der Waals surface area contributed by atoms with Crippen LogP contribution in [0.15, 0.2) is 60.9 Å². The van der Waals surface area contributed by atoms with Crippen molar-refractivity contribution >= 4 is 44.2 Å². The van der Waals surface area contributed by atoms with Crippen LogP contribution in [0.2, 0.25) is 5.02 Å². The molecule has 0 bridgehead atoms. The molecular weight excluding hydrogens is 441 g/mol. The van der Waals surface area contributed by atoms with Gasteiger partial charge in [0.15, 0.2) is 23.3 Å². The molecular formula is C22H17ClFN3O3S. The molecule has 4 rings (SSSR count). The highest BCUT2D eigenvalue weighted by Gasteiger charge is 2.23. The summed E-state index contributed by atoms with van der Waals surface area (Å²) in [5.74, 6) is -0.364. The van der Waals surface area contributed by atoms with Crippen LogP contribution in [-0.2, 0) is 11.3 Å². The van der Waals surface area contributed by atoms with E-state index in [1.807, 2.05) is 6.07 Å². The van der Waals surface area contributed by atoms with Crippen LogP contribution in [0, 0.1) is 5.82 Å². The number of halogens is 2. The minimum absolute atomic E-state index is 0.00573. The highest BCUT2D eigenvalue weighted by atomic mass is 35.5. The monoisotopic (exact) mass is 457 g/mol. The van der Waals surface area contributed by atoms with Crippen molar-refractivity contribution in [1.29, 1.82) is 0 Å². The molecule has 4 aromatic rings. The third kappa shape index (κ3) is 4.60. The first-order valence-corrected chi connectivity index (χ1v) is 10.5. The number of methoxy groups -OCH3 is 1. The Morgan fingerprint density at radius 3 is 2.74 bits per heavy atom. The zero-order valence-corrected chi connectivity index (χ0v) is 18.0. The number of carbonyl (C=O) groups is 1. The summed E-state index contributed by atoms with van der Waals surface area (Å²) in [6, 6.07) is 13.0. The number of amides is 1. The van der Waals surface area contributed by atoms with Crippen LogP contribution in [-0.4, -0.2) is 29.6 Å². The number of aromatic nitrogens is 2. The number of nitrogens with zero attached hydrogens (tertiary/aromatic N) is 3. The van der Waals surface area contributed by atoms with Gasteiger partial charge in [-0.25, -0.2) is 9.37 Å². The summed E-state index contributed by atoms with van der Waals surface area (Å²) in [6.45, 7) is -0.144. The van der Waals surface area contributed by atoms with E-state index in [0.717, 1.165) is 5.56 Å². The normalized spacial score (nSPS) is 10.8. The van der Waals surface area contributed by atoms with Crippen molar-refractivity contribution in [2.24, 2.45) is 0 Å². The van der Waals surface area contributed by atoms with Crippen LogP contribution < -0.4 is 14.4 Å². The molecule has 0 aliphatic heterocycles. The van der Waals surface area contributed by atoms with E-state index in [9.17, 15) is 9.18 Å². The summed E-state index contributed by atoms with van der Waals surface area (Å²) in [6.07, 6.45) is 3.32. The zero-order chi connectivity index (χ0) is 21.8. The van der Waals surface area contributed by atoms with Gasteiger partial charge in [-0.3, -0.25) is 14.7 Å². The molecule has 2 heterocycles. The number of fused-ring (bicyclic) bond motifs is 1. The summed E-state index contributed by atoms with van der Waals surface area (Å²) in [4.78, 5) is 23.3. The molecule has 0 aliphatic rings. The first-order valence-electron chi connectivity index (χ1n) is 9.26. The lowest BCUT2D eigenvalue weighted by molar-refractivity contribution is -0.120. The first-order chi connectivity index (χ1) is 15.1. The summed E-state index contributed by atoms with van der Waals surface area (Å²) >= 11 is 7.60. The predicted octanol–water partition coefficient (Wildman–Crippen LogP) is 5.10. The Morgan fingerprint density at radius 1 is 1.16 bits per heavy atom. The molecule has 0 fully saturated rings. The van der Waals surface area contributed by atoms with Gasteiger partial charge < -0.3 is 9.47 Å². The molecule has 2 aromatic carbocycles. The fraction of sp³-hybridized carbons (Fsp3) is 0.136. The smallest absolute Gasteiger partial charge is 0.267 e. The molecule has 0 N–H and O–H groups in total. The molecule has 2 aromatic heterocycles. The number of anilines is 1. The SMILES string of the molecule is COc1ccc(Cl)c2sc(N(Cc3cccnc3)C(=O)COc3ccccc3F)nc12. The van der Waals surface area contributed by atoms with Crippen molar-refractivity contribution in [1.82, 2.24) is 9.97 Å². The van der Waals surface area contributed by atoms with E-state index in [4.69, 9.17) is 21.1 Å². The largest absolute Gasteiger partial charge is 0.494 e. The minimum Gasteiger partial charge on any atom is -0.494 e. The molecule has 9 heteroatoms. The number of hydrogen-bond acceptors (Lipinski definition) is 6. The predicted molar refractivity (Wildman–Crippen MR) is 119 cm³/mol. The van der Waals surface area contributed by atoms with Gasteiger partial charge in [0.2, 0.25) is 0 Å². The van der Waals surface area contributed by atoms with Gasteiger partial charge in [-0.05, 0) is 35.9 Å². The second-order valence-electron chi connectivity index (χ2n) is 6.48. The highest BCUT2D eigenvalue weighted by Crippen LogP contribution is 2.39. The molecule has 0 radical (unpaired) electrons. The molecule has 0 aliphatic carbocycles. The zero-order valence-electron chi connectivity index (χ0n) is 16.4. The van der Waals surface area contributed by atoms with Crippen molar-refractivity contribution in [3.8, 4) is 11.5 Å². The Kier molecular flexibility index (Phi) is 6.29. The van der Waals surface area contributed by atoms with Crippen molar-refractivity contribution in [2.75, 3.05) is 18.6 Å². The lowest BCUT2D eigenvalue weighted by atomic mass is 10.2. The van der Waals surface area contributed by atoms with Gasteiger partial charge in [0.05, 0.1) is 23.4 Å². The third-order valence-electron chi connectivity index (χ3n) is 4.45. The van der Waals surface area contributed by atoms with Gasteiger partial charge in [0, 0.05) is 12.4 Å². The molecule has 0 saturated carbocycles. The Morgan fingerprint density at radius 2 is 2.00 bits per heavy atom. The number of para-hydroxylation sites is 1. The van der Waals surface area contributed by atoms with E-state index in [-0.39, 0.29) is 24.8 Å². The number of hydrogen-bond donors (Lipinski definition) is 0. The maximum atomic E-state index is 13.9. The maximum Gasteiger partial charge on any atom is 0.267 e. The van der Waals surface area contributed by atoms with Crippen molar-refractivity contribution in [3.05, 3.63) is 77.3 Å². The quantitative estimate of drug-likeness (QED) is 0.386. The fourth-order valence-corrected chi connectivity index (χ4v) is 4.21. The minimum atomic E-state index is -0.536. The van der Waals surface area contributed by atoms with E-state index in [1.165, 1.54) is 28.4 Å². The summed E-state index contributed by atoms with van der Waals surface area (Å²) < 4.78 is 25.4. The van der Waals surface area contributed by atoms with Crippen LogP contribution in [0.4, 0.5) is 9.52 Å². The Hall–Kier alpha value is -3.23. The average Bonchev–Trinajstić information content (AvgIpc) is 3.24. The standard InChI is InChI=1S/C22H17ClFN3O3S/c1-29-18-9-8-15(23)21-20(18)26-22(31-21)27(12-14-5-4-10-25-11-14)19(28)13-30-17-7-3-2-6-16(17)24/h2-11H,12-13H2,1H3. The van der Waals surface area contributed by atoms with Crippen molar-refractivity contribution in [3.63, 3.8) is 0 Å². The van der Waals surface area contributed by atoms with E-state index >= 15 is 0 Å². The summed E-state index contributed by atoms with van der Waals surface area (Å²) in [5, 5.41) is 0.934. The molecule has 31 heavy (non-hydrogen) atoms. The summed E-state index contributed by atoms with van der Waals surface area (Å²) in [5.41, 5.74) is 1.37. The Balaban J connectivity index is 1.67. The van der Waals surface area contributed by atoms with Gasteiger partial charge >= 0.3 is 0 Å². The number of thiazole rings is 1. The number of benzene rings is 2. The van der Waals surface area contributed by atoms with E-state index in [1.54, 1.807) is 49.8 Å². The molecule has 6 nitrogen and oxygen atoms in total. The van der Waals surface area contributed by atoms with E-state index in [0.29, 0.717) is 26.1 Å². The Labute approximate surface area is 186 Å². The molecule has 0 saturated heterocycles. The second kappa shape index (κ2) is 9.28. The number of rotatable bonds is 7. The Bertz CT molecular complexity index is 1220. The van der Waals surface area contributed by atoms with Crippen LogP contribution in [0.1, 0.15) is 5.56 Å². The summed E-state index contributed by atoms with van der Waals surface area (Å²) in [7, 11) is 1.54. The van der Waals surface area contributed by atoms with Crippen LogP contribution in [0.5, 0.6) is 11.5 Å². The van der Waals surface area contributed by atoms with Crippen LogP contribution in [0.25, 0.3) is 10.2 Å². The van der Waals surface area contributed by atoms with E-state index in [2.05, 4.69) is 9.97 Å². The molecule has 0 atom stereocenters. The van der Waals surface area contributed by atoms with Gasteiger partial charge in [-0.2, -0.15) is 0 Å². The molecule has 1 amide bonds. The van der Waals surface area contributed by atoms with Crippen LogP contribution in [0.3, 0.4) is 0 Å². The fourth-order valence-electron chi connectivity index (χ4n) is 2.94. The second-order valence-corrected chi connectivity index (χ2v) is 7.87. The lowest BCUT2D eigenvalue weighted by Crippen LogP contribution is -2.34. The molecule has 0 spiro atoms. The third-order valence-corrected chi connectivity index (χ3v) is 5.99. The van der Waals surface area contributed by atoms with Crippen molar-refractivity contribution in [2.45, 2.75) is 6.54 Å². The van der Waals surface area contributed by atoms with E-state index < -0.39 is 5.82 Å². The van der Waals surface area contributed by atoms with Crippen LogP contribution >= 0.6 is 22.9 Å². The van der Waals surface area contributed by atoms with Gasteiger partial charge in [0.25, 0.3) is 5.91 Å². The van der Waals surface area contributed by atoms with Gasteiger partial charge in [-0.15, -0.1) is 0 Å². The van der Waals surface area contributed by atoms with Gasteiger partial charge in [0.1, 0.15) is 11.3 Å². The highest BCUT2D eigenvalue weighted by molar-refractivity contribution is 7.23. The first kappa shape index (κ1) is 21.0. The average molecular weight is 458 g/mol. The van der Waals surface area contributed by atoms with Crippen molar-refractivity contribution < 1.29 is 18.7 Å².